The van der Waals surface area contributed by atoms with Crippen molar-refractivity contribution in [1.29, 1.82) is 0 Å². The molecule has 0 bridgehead atoms. The van der Waals surface area contributed by atoms with Crippen LogP contribution in [0.2, 0.25) is 0 Å². The molecule has 5 heteroatoms. The Labute approximate surface area is 134 Å². The lowest BCUT2D eigenvalue weighted by atomic mass is 10.2. The Morgan fingerprint density at radius 2 is 1.96 bits per heavy atom. The Balaban J connectivity index is 1.45. The third-order valence-electron chi connectivity index (χ3n) is 3.57. The Bertz CT molecular complexity index is 778. The van der Waals surface area contributed by atoms with E-state index >= 15 is 0 Å². The normalized spacial score (nSPS) is 10.7. The van der Waals surface area contributed by atoms with Crippen LogP contribution < -0.4 is 10.1 Å². The molecule has 0 unspecified atom stereocenters. The van der Waals surface area contributed by atoms with Gasteiger partial charge in [0.1, 0.15) is 11.6 Å². The van der Waals surface area contributed by atoms with Crippen LogP contribution in [0, 0.1) is 6.92 Å². The number of ether oxygens (including phenoxy) is 1. The van der Waals surface area contributed by atoms with Gasteiger partial charge in [0.25, 0.3) is 5.91 Å². The minimum absolute atomic E-state index is 0.0188. The van der Waals surface area contributed by atoms with Gasteiger partial charge in [0.2, 0.25) is 0 Å². The largest absolute Gasteiger partial charge is 0.484 e. The van der Waals surface area contributed by atoms with Crippen molar-refractivity contribution in [2.75, 3.05) is 13.2 Å². The molecule has 2 N–H and O–H groups in total. The molecule has 0 fully saturated rings. The number of carbonyl (C=O) groups is 1. The van der Waals surface area contributed by atoms with Crippen LogP contribution in [0.15, 0.2) is 48.5 Å². The van der Waals surface area contributed by atoms with E-state index in [1.807, 2.05) is 55.5 Å². The first-order valence-electron chi connectivity index (χ1n) is 7.61. The summed E-state index contributed by atoms with van der Waals surface area (Å²) in [5, 5.41) is 2.84. The van der Waals surface area contributed by atoms with Crippen LogP contribution >= 0.6 is 0 Å². The topological polar surface area (TPSA) is 67.0 Å². The number of rotatable bonds is 6. The maximum absolute atomic E-state index is 11.8. The lowest BCUT2D eigenvalue weighted by molar-refractivity contribution is -0.123. The summed E-state index contributed by atoms with van der Waals surface area (Å²) in [6.45, 7) is 2.50. The third-order valence-corrected chi connectivity index (χ3v) is 3.57. The van der Waals surface area contributed by atoms with Crippen LogP contribution in [0.25, 0.3) is 11.0 Å². The van der Waals surface area contributed by atoms with Gasteiger partial charge in [-0.1, -0.05) is 30.3 Å². The predicted molar refractivity (Wildman–Crippen MR) is 89.5 cm³/mol. The van der Waals surface area contributed by atoms with Crippen molar-refractivity contribution in [3.63, 3.8) is 0 Å². The molecule has 5 nitrogen and oxygen atoms in total. The predicted octanol–water partition coefficient (Wildman–Crippen LogP) is 2.61. The molecular formula is C18H19N3O2. The molecule has 0 aliphatic carbocycles. The van der Waals surface area contributed by atoms with E-state index in [1.165, 1.54) is 0 Å². The highest BCUT2D eigenvalue weighted by Gasteiger charge is 2.06. The zero-order valence-corrected chi connectivity index (χ0v) is 13.0. The van der Waals surface area contributed by atoms with Crippen molar-refractivity contribution >= 4 is 16.9 Å². The first-order chi connectivity index (χ1) is 11.2. The average molecular weight is 309 g/mol. The van der Waals surface area contributed by atoms with Gasteiger partial charge in [-0.05, 0) is 30.7 Å². The maximum atomic E-state index is 11.8. The molecule has 1 amide bonds. The Hall–Kier alpha value is -2.82. The standard InChI is InChI=1S/C18H19N3O2/c1-13-6-2-5-9-16(13)23-12-18(22)19-11-10-17-20-14-7-3-4-8-15(14)21-17/h2-9H,10-12H2,1H3,(H,19,22)(H,20,21). The molecule has 1 heterocycles. The van der Waals surface area contributed by atoms with E-state index in [1.54, 1.807) is 0 Å². The highest BCUT2D eigenvalue weighted by molar-refractivity contribution is 5.77. The molecule has 0 saturated carbocycles. The van der Waals surface area contributed by atoms with Crippen molar-refractivity contribution in [2.45, 2.75) is 13.3 Å². The molecule has 118 valence electrons. The second kappa shape index (κ2) is 6.96. The van der Waals surface area contributed by atoms with Gasteiger partial charge in [-0.15, -0.1) is 0 Å². The molecule has 0 radical (unpaired) electrons. The number of para-hydroxylation sites is 3. The van der Waals surface area contributed by atoms with Crippen molar-refractivity contribution in [3.05, 3.63) is 59.9 Å². The fraction of sp³-hybridized carbons (Fsp3) is 0.222. The third kappa shape index (κ3) is 3.88. The molecule has 3 aromatic rings. The molecular weight excluding hydrogens is 290 g/mol. The van der Waals surface area contributed by atoms with E-state index in [4.69, 9.17) is 4.74 Å². The first-order valence-corrected chi connectivity index (χ1v) is 7.61. The van der Waals surface area contributed by atoms with E-state index in [0.29, 0.717) is 13.0 Å². The molecule has 0 saturated heterocycles. The second-order valence-corrected chi connectivity index (χ2v) is 5.35. The fourth-order valence-electron chi connectivity index (χ4n) is 2.36. The van der Waals surface area contributed by atoms with Crippen LogP contribution in [0.5, 0.6) is 5.75 Å². The van der Waals surface area contributed by atoms with Gasteiger partial charge in [-0.2, -0.15) is 0 Å². The minimum Gasteiger partial charge on any atom is -0.484 e. The first kappa shape index (κ1) is 15.1. The van der Waals surface area contributed by atoms with Crippen molar-refractivity contribution < 1.29 is 9.53 Å². The van der Waals surface area contributed by atoms with Crippen LogP contribution in [0.3, 0.4) is 0 Å². The summed E-state index contributed by atoms with van der Waals surface area (Å²) in [6.07, 6.45) is 0.658. The van der Waals surface area contributed by atoms with Gasteiger partial charge in [-0.3, -0.25) is 4.79 Å². The number of amides is 1. The van der Waals surface area contributed by atoms with Gasteiger partial charge in [0.05, 0.1) is 11.0 Å². The smallest absolute Gasteiger partial charge is 0.257 e. The number of nitrogens with one attached hydrogen (secondary N) is 2. The van der Waals surface area contributed by atoms with E-state index < -0.39 is 0 Å². The lowest BCUT2D eigenvalue weighted by Gasteiger charge is -2.08. The fourth-order valence-corrected chi connectivity index (χ4v) is 2.36. The van der Waals surface area contributed by atoms with E-state index in [0.717, 1.165) is 28.2 Å². The van der Waals surface area contributed by atoms with Gasteiger partial charge >= 0.3 is 0 Å². The van der Waals surface area contributed by atoms with Crippen LogP contribution in [0.1, 0.15) is 11.4 Å². The summed E-state index contributed by atoms with van der Waals surface area (Å²) < 4.78 is 5.51. The van der Waals surface area contributed by atoms with Gasteiger partial charge < -0.3 is 15.0 Å². The average Bonchev–Trinajstić information content (AvgIpc) is 2.97. The molecule has 0 aliphatic heterocycles. The van der Waals surface area contributed by atoms with Crippen molar-refractivity contribution in [1.82, 2.24) is 15.3 Å². The van der Waals surface area contributed by atoms with Gasteiger partial charge in [-0.25, -0.2) is 4.98 Å². The summed E-state index contributed by atoms with van der Waals surface area (Å²) in [5.41, 5.74) is 2.97. The number of benzene rings is 2. The second-order valence-electron chi connectivity index (χ2n) is 5.35. The molecule has 0 atom stereocenters. The number of aromatic nitrogens is 2. The van der Waals surface area contributed by atoms with Gasteiger partial charge in [0.15, 0.2) is 6.61 Å². The Kier molecular flexibility index (Phi) is 4.57. The number of hydrogen-bond acceptors (Lipinski definition) is 3. The minimum atomic E-state index is -0.135. The molecule has 0 spiro atoms. The zero-order chi connectivity index (χ0) is 16.1. The number of fused-ring (bicyclic) bond motifs is 1. The summed E-state index contributed by atoms with van der Waals surface area (Å²) in [6, 6.07) is 15.5. The maximum Gasteiger partial charge on any atom is 0.257 e. The summed E-state index contributed by atoms with van der Waals surface area (Å²) in [7, 11) is 0. The lowest BCUT2D eigenvalue weighted by Crippen LogP contribution is -2.30. The molecule has 1 aromatic heterocycles. The quantitative estimate of drug-likeness (QED) is 0.735. The van der Waals surface area contributed by atoms with Crippen molar-refractivity contribution in [3.8, 4) is 5.75 Å². The van der Waals surface area contributed by atoms with E-state index in [2.05, 4.69) is 15.3 Å². The Morgan fingerprint density at radius 3 is 2.78 bits per heavy atom. The van der Waals surface area contributed by atoms with Crippen molar-refractivity contribution in [2.24, 2.45) is 0 Å². The van der Waals surface area contributed by atoms with E-state index in [-0.39, 0.29) is 12.5 Å². The highest BCUT2D eigenvalue weighted by Crippen LogP contribution is 2.15. The number of imidazole rings is 1. The van der Waals surface area contributed by atoms with Gasteiger partial charge in [0, 0.05) is 13.0 Å². The zero-order valence-electron chi connectivity index (χ0n) is 13.0. The number of aromatic amines is 1. The summed E-state index contributed by atoms with van der Waals surface area (Å²) >= 11 is 0. The number of H-pyrrole nitrogens is 1. The summed E-state index contributed by atoms with van der Waals surface area (Å²) in [5.74, 6) is 1.47. The molecule has 23 heavy (non-hydrogen) atoms. The van der Waals surface area contributed by atoms with Crippen LogP contribution in [0.4, 0.5) is 0 Å². The highest BCUT2D eigenvalue weighted by atomic mass is 16.5. The molecule has 3 rings (SSSR count). The summed E-state index contributed by atoms with van der Waals surface area (Å²) in [4.78, 5) is 19.5. The van der Waals surface area contributed by atoms with Crippen LogP contribution in [-0.2, 0) is 11.2 Å². The number of hydrogen-bond donors (Lipinski definition) is 2. The number of aryl methyl sites for hydroxylation is 1. The monoisotopic (exact) mass is 309 g/mol. The van der Waals surface area contributed by atoms with E-state index in [9.17, 15) is 4.79 Å². The molecule has 0 aliphatic rings. The molecule has 2 aromatic carbocycles. The Morgan fingerprint density at radius 1 is 1.17 bits per heavy atom. The number of nitrogens with zero attached hydrogens (tertiary/aromatic N) is 1. The number of carbonyl (C=O) groups excluding carboxylic acids is 1. The van der Waals surface area contributed by atoms with Crippen LogP contribution in [-0.4, -0.2) is 29.0 Å². The SMILES string of the molecule is Cc1ccccc1OCC(=O)NCCc1nc2ccccc2[nH]1.